The highest BCUT2D eigenvalue weighted by molar-refractivity contribution is 5.88. The summed E-state index contributed by atoms with van der Waals surface area (Å²) in [5.74, 6) is 0.614. The molecule has 166 valence electrons. The van der Waals surface area contributed by atoms with Gasteiger partial charge in [0, 0.05) is 24.2 Å². The molecular formula is C27H29FN2O2. The van der Waals surface area contributed by atoms with E-state index in [1.54, 1.807) is 13.2 Å². The zero-order chi connectivity index (χ0) is 22.4. The van der Waals surface area contributed by atoms with Crippen LogP contribution in [0.5, 0.6) is 5.75 Å². The number of ether oxygens (including phenoxy) is 1. The summed E-state index contributed by atoms with van der Waals surface area (Å²) in [5.41, 5.74) is 2.07. The molecule has 1 aliphatic rings. The lowest BCUT2D eigenvalue weighted by Gasteiger charge is -2.41. The van der Waals surface area contributed by atoms with Crippen molar-refractivity contribution >= 4 is 5.91 Å². The number of methoxy groups -OCH3 is 1. The first-order valence-electron chi connectivity index (χ1n) is 11.0. The Kier molecular flexibility index (Phi) is 6.86. The summed E-state index contributed by atoms with van der Waals surface area (Å²) in [6.45, 7) is 2.42. The van der Waals surface area contributed by atoms with Crippen LogP contribution in [-0.2, 0) is 23.3 Å². The van der Waals surface area contributed by atoms with Crippen LogP contribution in [-0.4, -0.2) is 31.0 Å². The van der Waals surface area contributed by atoms with E-state index < -0.39 is 5.41 Å². The molecule has 1 aliphatic heterocycles. The molecule has 1 amide bonds. The quantitative estimate of drug-likeness (QED) is 0.589. The van der Waals surface area contributed by atoms with E-state index in [1.165, 1.54) is 6.07 Å². The summed E-state index contributed by atoms with van der Waals surface area (Å²) in [4.78, 5) is 15.8. The fourth-order valence-corrected chi connectivity index (χ4v) is 4.56. The first-order chi connectivity index (χ1) is 15.6. The van der Waals surface area contributed by atoms with E-state index in [-0.39, 0.29) is 11.7 Å². The second-order valence-electron chi connectivity index (χ2n) is 8.31. The molecule has 4 rings (SSSR count). The van der Waals surface area contributed by atoms with E-state index in [4.69, 9.17) is 4.74 Å². The lowest BCUT2D eigenvalue weighted by molar-refractivity contribution is -0.129. The Morgan fingerprint density at radius 1 is 0.938 bits per heavy atom. The van der Waals surface area contributed by atoms with Crippen LogP contribution in [0.1, 0.15) is 29.5 Å². The molecule has 3 aromatic rings. The number of amides is 1. The van der Waals surface area contributed by atoms with E-state index in [0.29, 0.717) is 31.5 Å². The van der Waals surface area contributed by atoms with Gasteiger partial charge in [-0.1, -0.05) is 66.7 Å². The average molecular weight is 433 g/mol. The molecule has 0 bridgehead atoms. The molecule has 5 heteroatoms. The summed E-state index contributed by atoms with van der Waals surface area (Å²) in [6, 6.07) is 24.6. The largest absolute Gasteiger partial charge is 0.496 e. The van der Waals surface area contributed by atoms with Crippen molar-refractivity contribution in [1.82, 2.24) is 10.2 Å². The number of rotatable bonds is 7. The number of halogens is 1. The van der Waals surface area contributed by atoms with Crippen molar-refractivity contribution < 1.29 is 13.9 Å². The molecule has 3 aromatic carbocycles. The monoisotopic (exact) mass is 432 g/mol. The molecule has 1 fully saturated rings. The van der Waals surface area contributed by atoms with Crippen molar-refractivity contribution in [2.24, 2.45) is 0 Å². The van der Waals surface area contributed by atoms with E-state index >= 15 is 0 Å². The Bertz CT molecular complexity index is 1050. The Morgan fingerprint density at radius 2 is 1.56 bits per heavy atom. The molecule has 0 unspecified atom stereocenters. The number of benzene rings is 3. The van der Waals surface area contributed by atoms with Crippen LogP contribution >= 0.6 is 0 Å². The summed E-state index contributed by atoms with van der Waals surface area (Å²) >= 11 is 0. The highest BCUT2D eigenvalue weighted by atomic mass is 19.1. The predicted octanol–water partition coefficient (Wildman–Crippen LogP) is 4.68. The number of nitrogens with zero attached hydrogens (tertiary/aromatic N) is 1. The summed E-state index contributed by atoms with van der Waals surface area (Å²) in [6.07, 6.45) is 1.37. The SMILES string of the molecule is COc1ccccc1CNC(=O)C1(c2ccccc2)CCN(Cc2ccccc2F)CC1. The van der Waals surface area contributed by atoms with Crippen molar-refractivity contribution in [2.45, 2.75) is 31.3 Å². The van der Waals surface area contributed by atoms with E-state index in [0.717, 1.165) is 30.0 Å². The molecule has 32 heavy (non-hydrogen) atoms. The van der Waals surface area contributed by atoms with Gasteiger partial charge in [-0.15, -0.1) is 0 Å². The lowest BCUT2D eigenvalue weighted by Crippen LogP contribution is -2.51. The molecule has 0 spiro atoms. The van der Waals surface area contributed by atoms with Crippen molar-refractivity contribution in [3.8, 4) is 5.75 Å². The van der Waals surface area contributed by atoms with Gasteiger partial charge in [-0.3, -0.25) is 9.69 Å². The van der Waals surface area contributed by atoms with Crippen LogP contribution < -0.4 is 10.1 Å². The van der Waals surface area contributed by atoms with Gasteiger partial charge in [0.1, 0.15) is 11.6 Å². The summed E-state index contributed by atoms with van der Waals surface area (Å²) in [7, 11) is 1.64. The number of likely N-dealkylation sites (tertiary alicyclic amines) is 1. The predicted molar refractivity (Wildman–Crippen MR) is 124 cm³/mol. The molecule has 1 heterocycles. The lowest BCUT2D eigenvalue weighted by atomic mass is 9.72. The van der Waals surface area contributed by atoms with Gasteiger partial charge in [0.05, 0.1) is 12.5 Å². The van der Waals surface area contributed by atoms with Gasteiger partial charge in [0.25, 0.3) is 0 Å². The molecule has 4 nitrogen and oxygen atoms in total. The van der Waals surface area contributed by atoms with E-state index in [9.17, 15) is 9.18 Å². The Morgan fingerprint density at radius 3 is 2.25 bits per heavy atom. The van der Waals surface area contributed by atoms with Gasteiger partial charge >= 0.3 is 0 Å². The number of nitrogens with one attached hydrogen (secondary N) is 1. The standard InChI is InChI=1S/C27H29FN2O2/c1-32-25-14-8-6-9-21(25)19-29-26(31)27(23-11-3-2-4-12-23)15-17-30(18-16-27)20-22-10-5-7-13-24(22)28/h2-14H,15-20H2,1H3,(H,29,31). The van der Waals surface area contributed by atoms with Gasteiger partial charge in [-0.2, -0.15) is 0 Å². The molecule has 1 N–H and O–H groups in total. The molecule has 0 aliphatic carbocycles. The number of piperidine rings is 1. The first-order valence-corrected chi connectivity index (χ1v) is 11.0. The molecular weight excluding hydrogens is 403 g/mol. The van der Waals surface area contributed by atoms with Crippen LogP contribution in [0.25, 0.3) is 0 Å². The second kappa shape index (κ2) is 9.96. The maximum absolute atomic E-state index is 14.1. The van der Waals surface area contributed by atoms with Crippen LogP contribution in [0.15, 0.2) is 78.9 Å². The smallest absolute Gasteiger partial charge is 0.231 e. The van der Waals surface area contributed by atoms with Crippen LogP contribution in [0.2, 0.25) is 0 Å². The highest BCUT2D eigenvalue weighted by Crippen LogP contribution is 2.36. The summed E-state index contributed by atoms with van der Waals surface area (Å²) < 4.78 is 19.5. The minimum atomic E-state index is -0.602. The minimum absolute atomic E-state index is 0.0279. The number of carbonyl (C=O) groups is 1. The third-order valence-electron chi connectivity index (χ3n) is 6.45. The fraction of sp³-hybridized carbons (Fsp3) is 0.296. The number of hydrogen-bond acceptors (Lipinski definition) is 3. The van der Waals surface area contributed by atoms with Gasteiger partial charge in [0.2, 0.25) is 5.91 Å². The van der Waals surface area contributed by atoms with Gasteiger partial charge in [0.15, 0.2) is 0 Å². The van der Waals surface area contributed by atoms with E-state index in [1.807, 2.05) is 66.7 Å². The van der Waals surface area contributed by atoms with Crippen molar-refractivity contribution in [3.63, 3.8) is 0 Å². The Balaban J connectivity index is 1.50. The zero-order valence-corrected chi connectivity index (χ0v) is 18.4. The topological polar surface area (TPSA) is 41.6 Å². The van der Waals surface area contributed by atoms with Gasteiger partial charge < -0.3 is 10.1 Å². The van der Waals surface area contributed by atoms with Crippen LogP contribution in [0.3, 0.4) is 0 Å². The van der Waals surface area contributed by atoms with Crippen LogP contribution in [0, 0.1) is 5.82 Å². The second-order valence-corrected chi connectivity index (χ2v) is 8.31. The molecule has 0 saturated carbocycles. The Hall–Kier alpha value is -3.18. The van der Waals surface area contributed by atoms with Gasteiger partial charge in [-0.25, -0.2) is 4.39 Å². The third-order valence-corrected chi connectivity index (χ3v) is 6.45. The third kappa shape index (κ3) is 4.68. The molecule has 0 aromatic heterocycles. The maximum Gasteiger partial charge on any atom is 0.231 e. The number of carbonyl (C=O) groups excluding carboxylic acids is 1. The van der Waals surface area contributed by atoms with Crippen LogP contribution in [0.4, 0.5) is 4.39 Å². The van der Waals surface area contributed by atoms with Gasteiger partial charge in [-0.05, 0) is 43.6 Å². The summed E-state index contributed by atoms with van der Waals surface area (Å²) in [5, 5.41) is 3.16. The van der Waals surface area contributed by atoms with Crippen molar-refractivity contribution in [1.29, 1.82) is 0 Å². The first kappa shape index (κ1) is 22.0. The minimum Gasteiger partial charge on any atom is -0.496 e. The average Bonchev–Trinajstić information content (AvgIpc) is 2.85. The fourth-order valence-electron chi connectivity index (χ4n) is 4.56. The zero-order valence-electron chi connectivity index (χ0n) is 18.4. The highest BCUT2D eigenvalue weighted by Gasteiger charge is 2.42. The normalized spacial score (nSPS) is 15.8. The molecule has 0 radical (unpaired) electrons. The number of hydrogen-bond donors (Lipinski definition) is 1. The van der Waals surface area contributed by atoms with E-state index in [2.05, 4.69) is 10.2 Å². The maximum atomic E-state index is 14.1. The Labute approximate surface area is 189 Å². The molecule has 0 atom stereocenters. The van der Waals surface area contributed by atoms with Crippen molar-refractivity contribution in [2.75, 3.05) is 20.2 Å². The van der Waals surface area contributed by atoms with Crippen molar-refractivity contribution in [3.05, 3.63) is 101 Å². The number of para-hydroxylation sites is 1. The molecule has 1 saturated heterocycles.